The maximum absolute atomic E-state index is 13.1. The number of rotatable bonds is 11. The highest BCUT2D eigenvalue weighted by Crippen LogP contribution is 2.44. The summed E-state index contributed by atoms with van der Waals surface area (Å²) in [5, 5.41) is 4.02. The first-order valence-corrected chi connectivity index (χ1v) is 21.1. The van der Waals surface area contributed by atoms with Gasteiger partial charge < -0.3 is 24.1 Å². The molecule has 3 aromatic carbocycles. The summed E-state index contributed by atoms with van der Waals surface area (Å²) in [6, 6.07) is 26.0. The Morgan fingerprint density at radius 1 is 0.902 bits per heavy atom. The van der Waals surface area contributed by atoms with Crippen LogP contribution in [0, 0.1) is 0 Å². The number of carbonyl (C=O) groups excluding carboxylic acids is 1. The second-order valence-electron chi connectivity index (χ2n) is 14.4. The maximum Gasteiger partial charge on any atom is 0.407 e. The zero-order chi connectivity index (χ0) is 35.3. The van der Waals surface area contributed by atoms with Gasteiger partial charge in [0, 0.05) is 50.3 Å². The number of aryl methyl sites for hydroxylation is 1. The second kappa shape index (κ2) is 13.1. The van der Waals surface area contributed by atoms with Crippen molar-refractivity contribution in [1.29, 1.82) is 0 Å². The molecule has 8 rings (SSSR count). The molecule has 1 N–H and O–H groups in total. The highest BCUT2D eigenvalue weighted by Gasteiger charge is 2.29. The number of fused-ring (bicyclic) bond motifs is 7. The van der Waals surface area contributed by atoms with Crippen LogP contribution in [0.1, 0.15) is 22.9 Å². The number of hydrogen-bond donors (Lipinski definition) is 1. The van der Waals surface area contributed by atoms with E-state index in [0.29, 0.717) is 19.2 Å². The van der Waals surface area contributed by atoms with E-state index >= 15 is 0 Å². The number of alkyl carbamates (subject to hydrolysis) is 1. The van der Waals surface area contributed by atoms with Crippen molar-refractivity contribution in [2.24, 2.45) is 7.05 Å². The van der Waals surface area contributed by atoms with Crippen molar-refractivity contribution in [3.63, 3.8) is 0 Å². The Kier molecular flexibility index (Phi) is 8.39. The number of methoxy groups -OCH3 is 1. The molecular formula is C40H42N6O4Si. The van der Waals surface area contributed by atoms with Crippen LogP contribution >= 0.6 is 0 Å². The zero-order valence-corrected chi connectivity index (χ0v) is 30.6. The van der Waals surface area contributed by atoms with E-state index < -0.39 is 14.2 Å². The van der Waals surface area contributed by atoms with Crippen LogP contribution < -0.4 is 10.1 Å². The molecule has 11 heteroatoms. The van der Waals surface area contributed by atoms with Gasteiger partial charge in [-0.2, -0.15) is 0 Å². The van der Waals surface area contributed by atoms with Gasteiger partial charge in [-0.1, -0.05) is 68.2 Å². The third-order valence-electron chi connectivity index (χ3n) is 9.90. The minimum Gasteiger partial charge on any atom is -0.497 e. The van der Waals surface area contributed by atoms with Crippen LogP contribution in [0.15, 0.2) is 91.4 Å². The SMILES string of the molecule is COc1ccc2c(c1)c(-c1cc3c(ncc4cnc(CNC(=O)OCC5c6ccccc6-c6ccccc65)n43)n1COCC[Si](C)(C)C)cn2C. The summed E-state index contributed by atoms with van der Waals surface area (Å²) in [4.78, 5) is 22.8. The van der Waals surface area contributed by atoms with Gasteiger partial charge in [-0.15, -0.1) is 0 Å². The first-order chi connectivity index (χ1) is 24.7. The van der Waals surface area contributed by atoms with E-state index in [0.717, 1.165) is 50.6 Å². The highest BCUT2D eigenvalue weighted by molar-refractivity contribution is 6.76. The smallest absolute Gasteiger partial charge is 0.407 e. The molecule has 0 fully saturated rings. The molecule has 0 atom stereocenters. The predicted molar refractivity (Wildman–Crippen MR) is 203 cm³/mol. The lowest BCUT2D eigenvalue weighted by Crippen LogP contribution is -2.26. The lowest BCUT2D eigenvalue weighted by Gasteiger charge is -2.16. The normalized spacial score (nSPS) is 12.9. The van der Waals surface area contributed by atoms with Gasteiger partial charge in [-0.25, -0.2) is 14.8 Å². The van der Waals surface area contributed by atoms with Gasteiger partial charge >= 0.3 is 6.09 Å². The number of nitrogens with one attached hydrogen (secondary N) is 1. The number of hydrogen-bond acceptors (Lipinski definition) is 6. The average molecular weight is 699 g/mol. The molecule has 0 aliphatic heterocycles. The van der Waals surface area contributed by atoms with Crippen LogP contribution in [0.25, 0.3) is 50.0 Å². The van der Waals surface area contributed by atoms with Crippen LogP contribution in [0.2, 0.25) is 25.7 Å². The summed E-state index contributed by atoms with van der Waals surface area (Å²) in [5.74, 6) is 1.45. The summed E-state index contributed by atoms with van der Waals surface area (Å²) >= 11 is 0. The first-order valence-electron chi connectivity index (χ1n) is 17.3. The number of amides is 1. The molecule has 260 valence electrons. The number of carbonyl (C=O) groups is 1. The Hall–Kier alpha value is -5.39. The Bertz CT molecular complexity index is 2370. The zero-order valence-electron chi connectivity index (χ0n) is 29.6. The molecule has 1 aliphatic rings. The topological polar surface area (TPSA) is 96.8 Å². The molecule has 1 amide bonds. The molecule has 51 heavy (non-hydrogen) atoms. The van der Waals surface area contributed by atoms with E-state index in [2.05, 4.69) is 94.2 Å². The molecule has 0 saturated heterocycles. The minimum atomic E-state index is -1.28. The molecule has 0 unspecified atom stereocenters. The van der Waals surface area contributed by atoms with Crippen LogP contribution in [0.5, 0.6) is 5.75 Å². The van der Waals surface area contributed by atoms with Gasteiger partial charge in [0.2, 0.25) is 0 Å². The fourth-order valence-corrected chi connectivity index (χ4v) is 8.00. The summed E-state index contributed by atoms with van der Waals surface area (Å²) in [7, 11) is 2.46. The average Bonchev–Trinajstić information content (AvgIpc) is 3.88. The lowest BCUT2D eigenvalue weighted by molar-refractivity contribution is 0.0909. The van der Waals surface area contributed by atoms with E-state index in [9.17, 15) is 4.79 Å². The Morgan fingerprint density at radius 3 is 2.35 bits per heavy atom. The third kappa shape index (κ3) is 6.06. The molecule has 10 nitrogen and oxygen atoms in total. The molecule has 1 aliphatic carbocycles. The number of aromatic nitrogens is 5. The molecule has 7 aromatic rings. The molecular weight excluding hydrogens is 657 g/mol. The molecule has 4 aromatic heterocycles. The quantitative estimate of drug-likeness (QED) is 0.108. The van der Waals surface area contributed by atoms with Crippen molar-refractivity contribution in [1.82, 2.24) is 28.8 Å². The van der Waals surface area contributed by atoms with Crippen molar-refractivity contribution in [3.8, 4) is 28.1 Å². The largest absolute Gasteiger partial charge is 0.497 e. The van der Waals surface area contributed by atoms with Crippen LogP contribution in [0.4, 0.5) is 4.79 Å². The summed E-state index contributed by atoms with van der Waals surface area (Å²) in [5.41, 5.74) is 10.3. The van der Waals surface area contributed by atoms with Gasteiger partial charge in [-0.3, -0.25) is 8.97 Å². The van der Waals surface area contributed by atoms with E-state index in [1.54, 1.807) is 13.3 Å². The standard InChI is InChI=1S/C40H42N6O4Si/c1-44-23-33(32-18-27(48-2)14-15-35(32)44)36-19-37-39(45(36)25-49-16-17-51(3,4)5)42-21-26-20-41-38(46(26)37)22-43-40(47)50-24-34-30-12-8-6-10-28(30)29-11-7-9-13-31(29)34/h6-15,18-21,23,34H,16-17,22,24-25H2,1-5H3,(H,43,47). The maximum atomic E-state index is 13.1. The Morgan fingerprint density at radius 2 is 1.63 bits per heavy atom. The van der Waals surface area contributed by atoms with E-state index in [-0.39, 0.29) is 19.1 Å². The fourth-order valence-electron chi connectivity index (χ4n) is 7.24. The van der Waals surface area contributed by atoms with E-state index in [1.165, 1.54) is 22.3 Å². The molecule has 0 bridgehead atoms. The van der Waals surface area contributed by atoms with E-state index in [1.807, 2.05) is 36.5 Å². The minimum absolute atomic E-state index is 0.0127. The van der Waals surface area contributed by atoms with Crippen molar-refractivity contribution >= 4 is 41.8 Å². The monoisotopic (exact) mass is 698 g/mol. The van der Waals surface area contributed by atoms with Crippen molar-refractivity contribution < 1.29 is 19.0 Å². The van der Waals surface area contributed by atoms with Crippen molar-refractivity contribution in [3.05, 3.63) is 108 Å². The summed E-state index contributed by atoms with van der Waals surface area (Å²) < 4.78 is 24.1. The van der Waals surface area contributed by atoms with Crippen molar-refractivity contribution in [2.75, 3.05) is 20.3 Å². The Balaban J connectivity index is 1.09. The number of benzene rings is 3. The molecule has 0 radical (unpaired) electrons. The van der Waals surface area contributed by atoms with Gasteiger partial charge in [0.15, 0.2) is 5.65 Å². The van der Waals surface area contributed by atoms with Crippen LogP contribution in [0.3, 0.4) is 0 Å². The van der Waals surface area contributed by atoms with Crippen LogP contribution in [-0.4, -0.2) is 58.0 Å². The van der Waals surface area contributed by atoms with Crippen LogP contribution in [-0.2, 0) is 29.8 Å². The number of nitrogens with zero attached hydrogens (tertiary/aromatic N) is 5. The first kappa shape index (κ1) is 32.8. The Labute approximate surface area is 297 Å². The molecule has 0 spiro atoms. The fraction of sp³-hybridized carbons (Fsp3) is 0.275. The molecule has 0 saturated carbocycles. The van der Waals surface area contributed by atoms with Gasteiger partial charge in [0.05, 0.1) is 42.8 Å². The van der Waals surface area contributed by atoms with Gasteiger partial charge in [-0.05, 0) is 52.6 Å². The number of ether oxygens (including phenoxy) is 3. The van der Waals surface area contributed by atoms with Gasteiger partial charge in [0.25, 0.3) is 0 Å². The summed E-state index contributed by atoms with van der Waals surface area (Å²) in [6.07, 6.45) is 5.26. The summed E-state index contributed by atoms with van der Waals surface area (Å²) in [6.45, 7) is 8.52. The number of imidazole rings is 1. The second-order valence-corrected chi connectivity index (χ2v) is 20.0. The molecule has 4 heterocycles. The van der Waals surface area contributed by atoms with Gasteiger partial charge in [0.1, 0.15) is 24.9 Å². The lowest BCUT2D eigenvalue weighted by atomic mass is 9.98. The van der Waals surface area contributed by atoms with E-state index in [4.69, 9.17) is 24.2 Å². The van der Waals surface area contributed by atoms with Crippen molar-refractivity contribution in [2.45, 2.75) is 44.9 Å². The third-order valence-corrected chi connectivity index (χ3v) is 11.6. The highest BCUT2D eigenvalue weighted by atomic mass is 28.3. The predicted octanol–water partition coefficient (Wildman–Crippen LogP) is 8.20.